The number of thiocarbonyl (C=S) groups is 1. The second-order valence-electron chi connectivity index (χ2n) is 5.41. The van der Waals surface area contributed by atoms with Crippen molar-refractivity contribution in [1.82, 2.24) is 9.80 Å². The van der Waals surface area contributed by atoms with Gasteiger partial charge in [-0.05, 0) is 24.3 Å². The van der Waals surface area contributed by atoms with Gasteiger partial charge in [0.15, 0.2) is 0 Å². The summed E-state index contributed by atoms with van der Waals surface area (Å²) in [7, 11) is 0. The molecule has 1 atom stereocenters. The van der Waals surface area contributed by atoms with Crippen molar-refractivity contribution in [3.63, 3.8) is 0 Å². The van der Waals surface area contributed by atoms with E-state index in [1.54, 1.807) is 0 Å². The Balaban J connectivity index is 1.75. The molecule has 0 amide bonds. The van der Waals surface area contributed by atoms with Gasteiger partial charge in [0.25, 0.3) is 0 Å². The van der Waals surface area contributed by atoms with Crippen molar-refractivity contribution < 1.29 is 0 Å². The van der Waals surface area contributed by atoms with E-state index in [2.05, 4.69) is 34.2 Å². The normalized spacial score (nSPS) is 19.1. The maximum absolute atomic E-state index is 5.89. The van der Waals surface area contributed by atoms with E-state index in [1.165, 1.54) is 17.8 Å². The Morgan fingerprint density at radius 2 is 2.15 bits per heavy atom. The lowest BCUT2D eigenvalue weighted by molar-refractivity contribution is 0.116. The Labute approximate surface area is 131 Å². The second kappa shape index (κ2) is 8.08. The van der Waals surface area contributed by atoms with E-state index in [1.807, 2.05) is 11.3 Å². The zero-order valence-corrected chi connectivity index (χ0v) is 13.9. The molecule has 5 heteroatoms. The number of nitrogens with zero attached hydrogens (tertiary/aromatic N) is 2. The fraction of sp³-hybridized carbons (Fsp3) is 0.667. The third kappa shape index (κ3) is 4.52. The quantitative estimate of drug-likeness (QED) is 0.784. The van der Waals surface area contributed by atoms with Crippen molar-refractivity contribution in [3.05, 3.63) is 22.4 Å². The van der Waals surface area contributed by atoms with E-state index < -0.39 is 0 Å². The average Bonchev–Trinajstić information content (AvgIpc) is 2.96. The summed E-state index contributed by atoms with van der Waals surface area (Å²) in [5.41, 5.74) is 5.89. The van der Waals surface area contributed by atoms with E-state index in [0.29, 0.717) is 11.0 Å². The summed E-state index contributed by atoms with van der Waals surface area (Å²) in [6.07, 6.45) is 3.40. The Morgan fingerprint density at radius 1 is 1.40 bits per heavy atom. The molecule has 0 saturated carbocycles. The van der Waals surface area contributed by atoms with Gasteiger partial charge in [-0.25, -0.2) is 0 Å². The highest BCUT2D eigenvalue weighted by atomic mass is 32.1. The minimum atomic E-state index is 0.300. The van der Waals surface area contributed by atoms with Crippen molar-refractivity contribution in [2.24, 2.45) is 5.73 Å². The maximum Gasteiger partial charge on any atom is 0.0902 e. The molecule has 1 aromatic rings. The fourth-order valence-electron chi connectivity index (χ4n) is 2.80. The predicted molar refractivity (Wildman–Crippen MR) is 91.5 cm³/mol. The first kappa shape index (κ1) is 15.9. The van der Waals surface area contributed by atoms with Gasteiger partial charge in [0.2, 0.25) is 0 Å². The molecule has 1 saturated heterocycles. The van der Waals surface area contributed by atoms with Crippen LogP contribution in [0.1, 0.15) is 24.6 Å². The molecule has 1 aromatic heterocycles. The van der Waals surface area contributed by atoms with Gasteiger partial charge in [-0.3, -0.25) is 4.90 Å². The monoisotopic (exact) mass is 311 g/mol. The number of piperazine rings is 1. The highest BCUT2D eigenvalue weighted by Crippen LogP contribution is 2.14. The highest BCUT2D eigenvalue weighted by molar-refractivity contribution is 7.80. The molecule has 1 aliphatic rings. The van der Waals surface area contributed by atoms with Crippen LogP contribution in [0, 0.1) is 0 Å². The standard InChI is InChI=1S/C15H25N3S2/c1-2-4-14(15(16)19)18-10-8-17(9-11-18)7-6-13-5-3-12-20-13/h3,5,12,14H,2,4,6-11H2,1H3,(H2,16,19). The third-order valence-corrected chi connectivity index (χ3v) is 5.20. The van der Waals surface area contributed by atoms with Gasteiger partial charge >= 0.3 is 0 Å². The van der Waals surface area contributed by atoms with Crippen molar-refractivity contribution in [2.75, 3.05) is 32.7 Å². The first-order chi connectivity index (χ1) is 9.70. The number of hydrogen-bond donors (Lipinski definition) is 1. The summed E-state index contributed by atoms with van der Waals surface area (Å²) < 4.78 is 0. The van der Waals surface area contributed by atoms with E-state index >= 15 is 0 Å². The summed E-state index contributed by atoms with van der Waals surface area (Å²) in [6.45, 7) is 7.81. The van der Waals surface area contributed by atoms with Crippen LogP contribution in [0.25, 0.3) is 0 Å². The summed E-state index contributed by atoms with van der Waals surface area (Å²) in [5, 5.41) is 2.16. The maximum atomic E-state index is 5.89. The van der Waals surface area contributed by atoms with Crippen LogP contribution in [0.5, 0.6) is 0 Å². The van der Waals surface area contributed by atoms with Gasteiger partial charge < -0.3 is 10.6 Å². The fourth-order valence-corrected chi connectivity index (χ4v) is 3.77. The Kier molecular flexibility index (Phi) is 6.42. The van der Waals surface area contributed by atoms with Crippen molar-refractivity contribution >= 4 is 28.5 Å². The van der Waals surface area contributed by atoms with Crippen molar-refractivity contribution in [3.8, 4) is 0 Å². The molecule has 0 radical (unpaired) electrons. The van der Waals surface area contributed by atoms with E-state index in [4.69, 9.17) is 18.0 Å². The lowest BCUT2D eigenvalue weighted by Crippen LogP contribution is -2.53. The molecule has 0 aliphatic carbocycles. The van der Waals surface area contributed by atoms with E-state index in [0.717, 1.165) is 39.0 Å². The smallest absolute Gasteiger partial charge is 0.0902 e. The predicted octanol–water partition coefficient (Wildman–Crippen LogP) is 2.36. The number of nitrogens with two attached hydrogens (primary N) is 1. The molecule has 0 bridgehead atoms. The van der Waals surface area contributed by atoms with Crippen LogP contribution in [-0.4, -0.2) is 53.6 Å². The first-order valence-corrected chi connectivity index (χ1v) is 8.77. The molecule has 1 aliphatic heterocycles. The van der Waals surface area contributed by atoms with E-state index in [-0.39, 0.29) is 0 Å². The zero-order valence-electron chi connectivity index (χ0n) is 12.3. The molecule has 2 N–H and O–H groups in total. The molecule has 1 unspecified atom stereocenters. The molecule has 112 valence electrons. The van der Waals surface area contributed by atoms with Gasteiger partial charge in [0.1, 0.15) is 0 Å². The topological polar surface area (TPSA) is 32.5 Å². The number of thiophene rings is 1. The lowest BCUT2D eigenvalue weighted by atomic mass is 10.1. The van der Waals surface area contributed by atoms with Crippen LogP contribution in [0.15, 0.2) is 17.5 Å². The second-order valence-corrected chi connectivity index (χ2v) is 6.92. The van der Waals surface area contributed by atoms with Gasteiger partial charge in [-0.2, -0.15) is 0 Å². The minimum absolute atomic E-state index is 0.300. The van der Waals surface area contributed by atoms with Crippen molar-refractivity contribution in [1.29, 1.82) is 0 Å². The lowest BCUT2D eigenvalue weighted by Gasteiger charge is -2.38. The molecule has 0 aromatic carbocycles. The molecule has 20 heavy (non-hydrogen) atoms. The Hall–Kier alpha value is -0.490. The largest absolute Gasteiger partial charge is 0.392 e. The summed E-state index contributed by atoms with van der Waals surface area (Å²) >= 11 is 7.08. The zero-order chi connectivity index (χ0) is 14.4. The molecular weight excluding hydrogens is 286 g/mol. The van der Waals surface area contributed by atoms with Crippen LogP contribution >= 0.6 is 23.6 Å². The summed E-state index contributed by atoms with van der Waals surface area (Å²) in [5.74, 6) is 0. The Morgan fingerprint density at radius 3 is 2.70 bits per heavy atom. The van der Waals surface area contributed by atoms with E-state index in [9.17, 15) is 0 Å². The van der Waals surface area contributed by atoms with Crippen LogP contribution in [-0.2, 0) is 6.42 Å². The van der Waals surface area contributed by atoms with Crippen LogP contribution in [0.3, 0.4) is 0 Å². The third-order valence-electron chi connectivity index (χ3n) is 3.99. The SMILES string of the molecule is CCCC(C(N)=S)N1CCN(CCc2cccs2)CC1. The average molecular weight is 312 g/mol. The number of hydrogen-bond acceptors (Lipinski definition) is 4. The van der Waals surface area contributed by atoms with Gasteiger partial charge in [0, 0.05) is 37.6 Å². The Bertz CT molecular complexity index is 397. The molecule has 1 fully saturated rings. The van der Waals surface area contributed by atoms with Crippen molar-refractivity contribution in [2.45, 2.75) is 32.2 Å². The van der Waals surface area contributed by atoms with Crippen LogP contribution < -0.4 is 5.73 Å². The summed E-state index contributed by atoms with van der Waals surface area (Å²) in [4.78, 5) is 7.17. The van der Waals surface area contributed by atoms with Crippen LogP contribution in [0.2, 0.25) is 0 Å². The minimum Gasteiger partial charge on any atom is -0.392 e. The van der Waals surface area contributed by atoms with Gasteiger partial charge in [0.05, 0.1) is 11.0 Å². The molecule has 2 heterocycles. The van der Waals surface area contributed by atoms with Gasteiger partial charge in [-0.15, -0.1) is 11.3 Å². The van der Waals surface area contributed by atoms with Crippen LogP contribution in [0.4, 0.5) is 0 Å². The number of rotatable bonds is 7. The molecule has 3 nitrogen and oxygen atoms in total. The first-order valence-electron chi connectivity index (χ1n) is 7.48. The molecule has 2 rings (SSSR count). The molecule has 0 spiro atoms. The highest BCUT2D eigenvalue weighted by Gasteiger charge is 2.24. The summed E-state index contributed by atoms with van der Waals surface area (Å²) in [6, 6.07) is 4.66. The molecular formula is C15H25N3S2. The van der Waals surface area contributed by atoms with Gasteiger partial charge in [-0.1, -0.05) is 31.6 Å².